The molecular formula is C26H26FN5O3. The van der Waals surface area contributed by atoms with E-state index in [1.807, 2.05) is 65.5 Å². The molecule has 1 aromatic heterocycles. The molecule has 2 aromatic carbocycles. The van der Waals surface area contributed by atoms with Gasteiger partial charge in [0.25, 0.3) is 0 Å². The second-order valence-corrected chi connectivity index (χ2v) is 8.25. The first-order chi connectivity index (χ1) is 16.8. The molecule has 0 radical (unpaired) electrons. The van der Waals surface area contributed by atoms with Gasteiger partial charge in [0.1, 0.15) is 29.2 Å². The van der Waals surface area contributed by atoms with Gasteiger partial charge in [0.05, 0.1) is 12.4 Å². The zero-order chi connectivity index (χ0) is 24.9. The molecule has 9 heteroatoms. The summed E-state index contributed by atoms with van der Waals surface area (Å²) in [5, 5.41) is 2.59. The Morgan fingerprint density at radius 2 is 1.74 bits per heavy atom. The summed E-state index contributed by atoms with van der Waals surface area (Å²) >= 11 is 0. The molecule has 2 amide bonds. The Hall–Kier alpha value is -4.40. The Balaban J connectivity index is 1.48. The number of halogens is 1. The minimum Gasteiger partial charge on any atom is -0.457 e. The largest absolute Gasteiger partial charge is 0.457 e. The minimum absolute atomic E-state index is 0.289. The average Bonchev–Trinajstić information content (AvgIpc) is 3.20. The van der Waals surface area contributed by atoms with Gasteiger partial charge < -0.3 is 25.6 Å². The molecule has 1 atom stereocenters. The fraction of sp³-hybridized carbons (Fsp3) is 0.192. The molecule has 0 unspecified atom stereocenters. The number of hydrogen-bond acceptors (Lipinski definition) is 6. The van der Waals surface area contributed by atoms with Crippen LogP contribution in [-0.2, 0) is 9.59 Å². The molecule has 3 N–H and O–H groups in total. The van der Waals surface area contributed by atoms with Gasteiger partial charge in [0.15, 0.2) is 0 Å². The molecule has 0 saturated heterocycles. The van der Waals surface area contributed by atoms with E-state index in [4.69, 9.17) is 15.5 Å². The molecule has 180 valence electrons. The van der Waals surface area contributed by atoms with Gasteiger partial charge >= 0.3 is 0 Å². The summed E-state index contributed by atoms with van der Waals surface area (Å²) in [6, 6.07) is 18.3. The number of carbonyl (C=O) groups excluding carboxylic acids is 2. The summed E-state index contributed by atoms with van der Waals surface area (Å²) in [6.07, 6.45) is 2.20. The van der Waals surface area contributed by atoms with Crippen LogP contribution in [-0.4, -0.2) is 41.5 Å². The third-order valence-electron chi connectivity index (χ3n) is 5.52. The van der Waals surface area contributed by atoms with Crippen LogP contribution in [0.25, 0.3) is 11.3 Å². The van der Waals surface area contributed by atoms with Crippen molar-refractivity contribution in [3.05, 3.63) is 84.4 Å². The van der Waals surface area contributed by atoms with Gasteiger partial charge in [-0.2, -0.15) is 0 Å². The van der Waals surface area contributed by atoms with Gasteiger partial charge in [-0.3, -0.25) is 9.59 Å². The highest BCUT2D eigenvalue weighted by Gasteiger charge is 2.25. The predicted octanol–water partition coefficient (Wildman–Crippen LogP) is 3.61. The molecule has 0 bridgehead atoms. The second kappa shape index (κ2) is 10.3. The van der Waals surface area contributed by atoms with Crippen LogP contribution in [0, 0.1) is 5.82 Å². The van der Waals surface area contributed by atoms with Crippen LogP contribution in [0.4, 0.5) is 10.2 Å². The lowest BCUT2D eigenvalue weighted by molar-refractivity contribution is -0.126. The number of pyridine rings is 1. The normalized spacial score (nSPS) is 13.9. The molecule has 2 heterocycles. The molecule has 0 aliphatic carbocycles. The molecule has 0 spiro atoms. The molecule has 1 aliphatic rings. The van der Waals surface area contributed by atoms with Crippen molar-refractivity contribution in [3.63, 3.8) is 0 Å². The summed E-state index contributed by atoms with van der Waals surface area (Å²) in [5.41, 5.74) is 8.00. The van der Waals surface area contributed by atoms with Crippen molar-refractivity contribution in [1.82, 2.24) is 15.2 Å². The van der Waals surface area contributed by atoms with Crippen LogP contribution in [0.5, 0.6) is 11.5 Å². The lowest BCUT2D eigenvalue weighted by Crippen LogP contribution is -2.44. The number of carbonyl (C=O) groups is 2. The van der Waals surface area contributed by atoms with Crippen molar-refractivity contribution in [2.45, 2.75) is 19.4 Å². The summed E-state index contributed by atoms with van der Waals surface area (Å²) in [4.78, 5) is 31.9. The first kappa shape index (κ1) is 23.7. The highest BCUT2D eigenvalue weighted by Crippen LogP contribution is 2.28. The highest BCUT2D eigenvalue weighted by atomic mass is 19.1. The van der Waals surface area contributed by atoms with Crippen LogP contribution < -0.4 is 20.7 Å². The van der Waals surface area contributed by atoms with Gasteiger partial charge in [-0.25, -0.2) is 9.37 Å². The Kier molecular flexibility index (Phi) is 6.96. The highest BCUT2D eigenvalue weighted by molar-refractivity contribution is 5.85. The van der Waals surface area contributed by atoms with Crippen molar-refractivity contribution < 1.29 is 18.7 Å². The van der Waals surface area contributed by atoms with Crippen LogP contribution in [0.3, 0.4) is 0 Å². The molecule has 3 aromatic rings. The van der Waals surface area contributed by atoms with E-state index in [0.29, 0.717) is 18.2 Å². The van der Waals surface area contributed by atoms with Crippen LogP contribution in [0.1, 0.15) is 13.3 Å². The number of nitrogens with one attached hydrogen (secondary N) is 1. The fourth-order valence-electron chi connectivity index (χ4n) is 3.74. The summed E-state index contributed by atoms with van der Waals surface area (Å²) in [7, 11) is 1.90. The minimum atomic E-state index is -0.781. The number of rotatable bonds is 8. The van der Waals surface area contributed by atoms with E-state index in [2.05, 4.69) is 5.32 Å². The maximum Gasteiger partial charge on any atom is 0.240 e. The van der Waals surface area contributed by atoms with Gasteiger partial charge in [-0.15, -0.1) is 0 Å². The third kappa shape index (κ3) is 5.94. The van der Waals surface area contributed by atoms with Crippen molar-refractivity contribution in [1.29, 1.82) is 0 Å². The predicted molar refractivity (Wildman–Crippen MR) is 131 cm³/mol. The Bertz CT molecular complexity index is 1240. The first-order valence-electron chi connectivity index (χ1n) is 11.0. The molecule has 0 saturated carbocycles. The van der Waals surface area contributed by atoms with Crippen LogP contribution in [0.2, 0.25) is 0 Å². The Morgan fingerprint density at radius 1 is 1.09 bits per heavy atom. The number of nitrogens with zero attached hydrogens (tertiary/aromatic N) is 3. The standard InChI is InChI=1S/C26H26FN5O3/c1-17(33)29-24(26(28)34)14-20-15-32(16-31(20)2)25-5-3-4-23(30-25)18-6-10-21(11-7-18)35-22-12-8-19(27)9-13-22/h3-13,15,24H,14,16H2,1-2H3,(H2,28,34)(H,29,33)/t24-/m0/s1. The van der Waals surface area contributed by atoms with E-state index in [0.717, 1.165) is 22.8 Å². The van der Waals surface area contributed by atoms with Crippen molar-refractivity contribution in [2.75, 3.05) is 18.6 Å². The number of amides is 2. The lowest BCUT2D eigenvalue weighted by atomic mass is 10.1. The van der Waals surface area contributed by atoms with Crippen molar-refractivity contribution in [2.24, 2.45) is 5.73 Å². The maximum absolute atomic E-state index is 13.1. The number of anilines is 1. The topological polar surface area (TPSA) is 101 Å². The SMILES string of the molecule is CC(=O)N[C@@H](CC1=CN(c2cccc(-c3ccc(Oc4ccc(F)cc4)cc3)n2)CN1C)C(N)=O. The van der Waals surface area contributed by atoms with E-state index >= 15 is 0 Å². The molecule has 0 fully saturated rings. The number of primary amides is 1. The Labute approximate surface area is 202 Å². The average molecular weight is 476 g/mol. The molecule has 35 heavy (non-hydrogen) atoms. The van der Waals surface area contributed by atoms with E-state index in [9.17, 15) is 14.0 Å². The molecule has 4 rings (SSSR count). The van der Waals surface area contributed by atoms with Crippen molar-refractivity contribution in [3.8, 4) is 22.8 Å². The molecule has 1 aliphatic heterocycles. The Morgan fingerprint density at radius 3 is 2.37 bits per heavy atom. The van der Waals surface area contributed by atoms with Crippen molar-refractivity contribution >= 4 is 17.6 Å². The number of benzene rings is 2. The van der Waals surface area contributed by atoms with E-state index in [-0.39, 0.29) is 18.1 Å². The number of nitrogens with two attached hydrogens (primary N) is 1. The second-order valence-electron chi connectivity index (χ2n) is 8.25. The van der Waals surface area contributed by atoms with E-state index in [1.165, 1.54) is 19.1 Å². The number of hydrogen-bond donors (Lipinski definition) is 2. The third-order valence-corrected chi connectivity index (χ3v) is 5.52. The van der Waals surface area contributed by atoms with E-state index in [1.54, 1.807) is 12.1 Å². The number of aromatic nitrogens is 1. The summed E-state index contributed by atoms with van der Waals surface area (Å²) in [6.45, 7) is 1.90. The quantitative estimate of drug-likeness (QED) is 0.516. The van der Waals surface area contributed by atoms with Gasteiger partial charge in [0, 0.05) is 37.9 Å². The van der Waals surface area contributed by atoms with Gasteiger partial charge in [-0.1, -0.05) is 6.07 Å². The van der Waals surface area contributed by atoms with Crippen LogP contribution >= 0.6 is 0 Å². The summed E-state index contributed by atoms with van der Waals surface area (Å²) in [5.74, 6) is 0.720. The van der Waals surface area contributed by atoms with Gasteiger partial charge in [-0.05, 0) is 60.7 Å². The first-order valence-corrected chi connectivity index (χ1v) is 11.0. The lowest BCUT2D eigenvalue weighted by Gasteiger charge is -2.21. The van der Waals surface area contributed by atoms with Crippen LogP contribution in [0.15, 0.2) is 78.6 Å². The van der Waals surface area contributed by atoms with Gasteiger partial charge in [0.2, 0.25) is 11.8 Å². The molecular weight excluding hydrogens is 449 g/mol. The fourth-order valence-corrected chi connectivity index (χ4v) is 3.74. The maximum atomic E-state index is 13.1. The zero-order valence-electron chi connectivity index (χ0n) is 19.4. The molecule has 8 nitrogen and oxygen atoms in total. The number of ether oxygens (including phenoxy) is 1. The smallest absolute Gasteiger partial charge is 0.240 e. The van der Waals surface area contributed by atoms with E-state index < -0.39 is 11.9 Å². The zero-order valence-corrected chi connectivity index (χ0v) is 19.4. The summed E-state index contributed by atoms with van der Waals surface area (Å²) < 4.78 is 18.8. The monoisotopic (exact) mass is 475 g/mol.